The second-order valence-corrected chi connectivity index (χ2v) is 7.34. The molecule has 0 spiro atoms. The Morgan fingerprint density at radius 1 is 1.30 bits per heavy atom. The number of unbranched alkanes of at least 4 members (excludes halogenated alkanes) is 1. The number of carbonyl (C=O) groups is 1. The van der Waals surface area contributed by atoms with Gasteiger partial charge in [0.25, 0.3) is 12.1 Å². The van der Waals surface area contributed by atoms with Crippen LogP contribution in [0.25, 0.3) is 5.69 Å². The van der Waals surface area contributed by atoms with Gasteiger partial charge in [0.2, 0.25) is 0 Å². The number of carbonyl (C=O) groups excluding carboxylic acids is 1. The fourth-order valence-corrected chi connectivity index (χ4v) is 3.46. The van der Waals surface area contributed by atoms with Crippen molar-refractivity contribution in [3.8, 4) is 5.69 Å². The first-order valence-corrected chi connectivity index (χ1v) is 10.3. The van der Waals surface area contributed by atoms with Gasteiger partial charge in [-0.25, -0.2) is 4.98 Å². The molecule has 30 heavy (non-hydrogen) atoms. The van der Waals surface area contributed by atoms with Crippen molar-refractivity contribution in [2.24, 2.45) is 0 Å². The number of aromatic nitrogens is 2. The number of rotatable bonds is 9. The number of amides is 1. The molecule has 160 valence electrons. The van der Waals surface area contributed by atoms with Crippen molar-refractivity contribution in [1.82, 2.24) is 25.1 Å². The lowest BCUT2D eigenvalue weighted by Crippen LogP contribution is -2.46. The van der Waals surface area contributed by atoms with Gasteiger partial charge in [-0.15, -0.1) is 0 Å². The zero-order valence-electron chi connectivity index (χ0n) is 17.2. The van der Waals surface area contributed by atoms with E-state index in [1.54, 1.807) is 12.5 Å². The minimum absolute atomic E-state index is 0.00718. The Hall–Kier alpha value is -3.36. The Labute approximate surface area is 175 Å². The van der Waals surface area contributed by atoms with E-state index in [1.165, 1.54) is 0 Å². The number of likely N-dealkylation sites (tertiary alicyclic amines) is 1. The van der Waals surface area contributed by atoms with E-state index in [0.717, 1.165) is 37.6 Å². The summed E-state index contributed by atoms with van der Waals surface area (Å²) in [4.78, 5) is 29.1. The molecule has 0 saturated carbocycles. The maximum Gasteiger partial charge on any atom is 0.274 e. The molecule has 0 bridgehead atoms. The number of imidazole rings is 1. The van der Waals surface area contributed by atoms with Crippen LogP contribution >= 0.6 is 0 Å². The molecule has 3 rings (SSSR count). The minimum atomic E-state index is -0.451. The molecule has 1 aliphatic heterocycles. The highest BCUT2D eigenvalue weighted by Crippen LogP contribution is 2.16. The molecule has 2 aromatic rings. The molecule has 1 aromatic heterocycles. The van der Waals surface area contributed by atoms with Crippen LogP contribution in [0.2, 0.25) is 0 Å². The highest BCUT2D eigenvalue weighted by atomic mass is 16.6. The lowest BCUT2D eigenvalue weighted by Gasteiger charge is -2.33. The van der Waals surface area contributed by atoms with Gasteiger partial charge in [-0.3, -0.25) is 14.9 Å². The van der Waals surface area contributed by atoms with Gasteiger partial charge in [-0.2, -0.15) is 0 Å². The van der Waals surface area contributed by atoms with Crippen LogP contribution in [-0.4, -0.2) is 51.0 Å². The number of nitro groups is 1. The van der Waals surface area contributed by atoms with Gasteiger partial charge in [0.1, 0.15) is 0 Å². The first kappa shape index (κ1) is 21.4. The first-order chi connectivity index (χ1) is 14.6. The van der Waals surface area contributed by atoms with Crippen molar-refractivity contribution in [3.63, 3.8) is 0 Å². The predicted molar refractivity (Wildman–Crippen MR) is 114 cm³/mol. The van der Waals surface area contributed by atoms with Gasteiger partial charge in [0.05, 0.1) is 11.3 Å². The molecule has 0 unspecified atom stereocenters. The Morgan fingerprint density at radius 3 is 2.63 bits per heavy atom. The zero-order valence-corrected chi connectivity index (χ0v) is 17.2. The molecule has 9 heteroatoms. The molecule has 1 saturated heterocycles. The minimum Gasteiger partial charge on any atom is -0.367 e. The van der Waals surface area contributed by atoms with Crippen molar-refractivity contribution in [2.45, 2.75) is 38.6 Å². The van der Waals surface area contributed by atoms with Crippen molar-refractivity contribution >= 4 is 5.91 Å². The number of hydrogen-bond acceptors (Lipinski definition) is 6. The summed E-state index contributed by atoms with van der Waals surface area (Å²) in [6.07, 6.45) is 9.71. The summed E-state index contributed by atoms with van der Waals surface area (Å²) >= 11 is 0. The summed E-state index contributed by atoms with van der Waals surface area (Å²) in [6.45, 7) is 3.99. The zero-order chi connectivity index (χ0) is 21.3. The second kappa shape index (κ2) is 10.4. The molecule has 1 aliphatic rings. The molecule has 0 atom stereocenters. The summed E-state index contributed by atoms with van der Waals surface area (Å²) in [5.74, 6) is 0.445. The van der Waals surface area contributed by atoms with Gasteiger partial charge in [0, 0.05) is 49.3 Å². The maximum atomic E-state index is 12.8. The lowest BCUT2D eigenvalue weighted by atomic mass is 10.0. The number of hydrogen-bond donors (Lipinski definition) is 2. The molecule has 0 aliphatic carbocycles. The Bertz CT molecular complexity index is 855. The highest BCUT2D eigenvalue weighted by molar-refractivity contribution is 5.94. The molecule has 2 N–H and O–H groups in total. The smallest absolute Gasteiger partial charge is 0.274 e. The number of nitrogens with one attached hydrogen (secondary N) is 2. The third-order valence-corrected chi connectivity index (χ3v) is 5.14. The third kappa shape index (κ3) is 5.82. The Morgan fingerprint density at radius 2 is 2.03 bits per heavy atom. The molecule has 1 amide bonds. The van der Waals surface area contributed by atoms with Crippen molar-refractivity contribution < 1.29 is 9.72 Å². The van der Waals surface area contributed by atoms with Crippen LogP contribution in [0.15, 0.2) is 55.0 Å². The number of nitrogens with zero attached hydrogens (tertiary/aromatic N) is 4. The van der Waals surface area contributed by atoms with Crippen LogP contribution < -0.4 is 10.6 Å². The highest BCUT2D eigenvalue weighted by Gasteiger charge is 2.24. The Kier molecular flexibility index (Phi) is 7.42. The van der Waals surface area contributed by atoms with Crippen molar-refractivity contribution in [1.29, 1.82) is 0 Å². The first-order valence-electron chi connectivity index (χ1n) is 10.3. The number of benzene rings is 1. The van der Waals surface area contributed by atoms with Crippen LogP contribution in [0, 0.1) is 10.1 Å². The van der Waals surface area contributed by atoms with Crippen LogP contribution in [0.1, 0.15) is 43.0 Å². The van der Waals surface area contributed by atoms with Gasteiger partial charge >= 0.3 is 0 Å². The largest absolute Gasteiger partial charge is 0.367 e. The van der Waals surface area contributed by atoms with E-state index < -0.39 is 4.92 Å². The fourth-order valence-electron chi connectivity index (χ4n) is 3.46. The fraction of sp³-hybridized carbons (Fsp3) is 0.429. The van der Waals surface area contributed by atoms with Gasteiger partial charge in [0.15, 0.2) is 5.82 Å². The molecule has 1 aromatic carbocycles. The van der Waals surface area contributed by atoms with E-state index in [1.807, 2.05) is 39.9 Å². The normalized spacial score (nSPS) is 15.1. The molecular formula is C21H28N6O3. The maximum absolute atomic E-state index is 12.8. The van der Waals surface area contributed by atoms with E-state index in [2.05, 4.69) is 22.5 Å². The summed E-state index contributed by atoms with van der Waals surface area (Å²) in [7, 11) is 0. The van der Waals surface area contributed by atoms with Crippen LogP contribution in [0.3, 0.4) is 0 Å². The van der Waals surface area contributed by atoms with E-state index in [4.69, 9.17) is 0 Å². The predicted octanol–water partition coefficient (Wildman–Crippen LogP) is 2.53. The molecule has 9 nitrogen and oxygen atoms in total. The summed E-state index contributed by atoms with van der Waals surface area (Å²) in [6, 6.07) is 7.56. The standard InChI is InChI=1S/C21H28N6O3/c1-2-3-10-23-20(15-27(29)30)24-18-8-12-25(13-9-18)21(28)17-4-6-19(7-5-17)26-14-11-22-16-26/h4-7,11,14-16,18,23-24H,2-3,8-10,12-13H2,1H3/b20-15+. The molecular weight excluding hydrogens is 384 g/mol. The Balaban J connectivity index is 1.52. The van der Waals surface area contributed by atoms with Gasteiger partial charge < -0.3 is 20.1 Å². The summed E-state index contributed by atoms with van der Waals surface area (Å²) in [5.41, 5.74) is 1.60. The van der Waals surface area contributed by atoms with Crippen molar-refractivity contribution in [3.05, 3.63) is 70.7 Å². The monoisotopic (exact) mass is 412 g/mol. The molecule has 0 radical (unpaired) electrons. The summed E-state index contributed by atoms with van der Waals surface area (Å²) in [5, 5.41) is 17.2. The van der Waals surface area contributed by atoms with E-state index in [-0.39, 0.29) is 11.9 Å². The quantitative estimate of drug-likeness (QED) is 0.372. The van der Waals surface area contributed by atoms with Gasteiger partial charge in [-0.05, 0) is 43.5 Å². The SMILES string of the molecule is CCCCN/C(=C\[N+](=O)[O-])NC1CCN(C(=O)c2ccc(-n3ccnc3)cc2)CC1. The topological polar surface area (TPSA) is 105 Å². The third-order valence-electron chi connectivity index (χ3n) is 5.14. The second-order valence-electron chi connectivity index (χ2n) is 7.34. The number of piperidine rings is 1. The van der Waals surface area contributed by atoms with Crippen LogP contribution in [0.4, 0.5) is 0 Å². The molecule has 2 heterocycles. The summed E-state index contributed by atoms with van der Waals surface area (Å²) < 4.78 is 1.88. The van der Waals surface area contributed by atoms with Crippen LogP contribution in [-0.2, 0) is 0 Å². The van der Waals surface area contributed by atoms with Gasteiger partial charge in [-0.1, -0.05) is 13.3 Å². The molecule has 1 fully saturated rings. The van der Waals surface area contributed by atoms with E-state index in [9.17, 15) is 14.9 Å². The average Bonchev–Trinajstić information content (AvgIpc) is 3.28. The van der Waals surface area contributed by atoms with E-state index in [0.29, 0.717) is 31.0 Å². The lowest BCUT2D eigenvalue weighted by molar-refractivity contribution is -0.404. The van der Waals surface area contributed by atoms with Crippen LogP contribution in [0.5, 0.6) is 0 Å². The average molecular weight is 412 g/mol. The van der Waals surface area contributed by atoms with Crippen molar-refractivity contribution in [2.75, 3.05) is 19.6 Å². The van der Waals surface area contributed by atoms with E-state index >= 15 is 0 Å².